The molecule has 32 heavy (non-hydrogen) atoms. The maximum absolute atomic E-state index is 13.8. The molecule has 0 bridgehead atoms. The van der Waals surface area contributed by atoms with Crippen molar-refractivity contribution in [3.63, 3.8) is 0 Å². The highest BCUT2D eigenvalue weighted by molar-refractivity contribution is 6.07. The lowest BCUT2D eigenvalue weighted by atomic mass is 9.52. The number of aromatic amines is 1. The number of aryl methyl sites for hydroxylation is 1. The third-order valence-electron chi connectivity index (χ3n) is 5.83. The first kappa shape index (κ1) is 22.0. The zero-order valence-electron chi connectivity index (χ0n) is 18.7. The number of rotatable bonds is 5. The molecule has 2 amide bonds. The smallest absolute Gasteiger partial charge is 0.407 e. The van der Waals surface area contributed by atoms with Gasteiger partial charge in [0.25, 0.3) is 5.91 Å². The van der Waals surface area contributed by atoms with Crippen molar-refractivity contribution < 1.29 is 18.7 Å². The monoisotopic (exact) mass is 444 g/mol. The van der Waals surface area contributed by atoms with E-state index in [9.17, 15) is 14.0 Å². The average molecular weight is 445 g/mol. The van der Waals surface area contributed by atoms with Crippen LogP contribution < -0.4 is 16.0 Å². The van der Waals surface area contributed by atoms with E-state index in [1.54, 1.807) is 6.07 Å². The Hall–Kier alpha value is -3.17. The second-order valence-corrected chi connectivity index (χ2v) is 9.92. The van der Waals surface area contributed by atoms with Crippen LogP contribution in [0.2, 0.25) is 0 Å². The summed E-state index contributed by atoms with van der Waals surface area (Å²) >= 11 is 0. The van der Waals surface area contributed by atoms with Crippen molar-refractivity contribution in [1.29, 1.82) is 0 Å². The van der Waals surface area contributed by atoms with Gasteiger partial charge >= 0.3 is 6.09 Å². The molecule has 2 fully saturated rings. The molecular weight excluding hydrogens is 415 g/mol. The fraction of sp³-hybridized carbons (Fsp3) is 0.545. The minimum Gasteiger partial charge on any atom is -0.444 e. The standard InChI is InChI=1S/C22H29FN6O3/c1-12-7-17(29-28-12)27-19(30)15-5-6-16(23)26-18(15)24-13-8-22(9-13)10-14(11-22)25-20(31)32-21(2,3)4/h5-7,13-14H,8-11H2,1-4H3,(H,24,26)(H,25,31)(H2,27,28,29,30). The number of amides is 2. The molecular formula is C22H29FN6O3. The van der Waals surface area contributed by atoms with Crippen LogP contribution in [0.25, 0.3) is 0 Å². The molecule has 0 aromatic carbocycles. The van der Waals surface area contributed by atoms with E-state index in [1.165, 1.54) is 6.07 Å². The van der Waals surface area contributed by atoms with Crippen LogP contribution in [0.15, 0.2) is 18.2 Å². The van der Waals surface area contributed by atoms with E-state index in [0.717, 1.165) is 37.4 Å². The van der Waals surface area contributed by atoms with Gasteiger partial charge in [-0.15, -0.1) is 0 Å². The van der Waals surface area contributed by atoms with Crippen LogP contribution in [0.1, 0.15) is 62.5 Å². The van der Waals surface area contributed by atoms with Crippen LogP contribution in [-0.4, -0.2) is 44.9 Å². The van der Waals surface area contributed by atoms with Gasteiger partial charge in [0.15, 0.2) is 5.82 Å². The van der Waals surface area contributed by atoms with Gasteiger partial charge in [-0.2, -0.15) is 9.49 Å². The molecule has 0 unspecified atom stereocenters. The van der Waals surface area contributed by atoms with Gasteiger partial charge in [0.1, 0.15) is 11.4 Å². The Balaban J connectivity index is 1.30. The highest BCUT2D eigenvalue weighted by Gasteiger charge is 2.53. The largest absolute Gasteiger partial charge is 0.444 e. The number of pyridine rings is 1. The lowest BCUT2D eigenvalue weighted by Crippen LogP contribution is -2.59. The topological polar surface area (TPSA) is 121 Å². The lowest BCUT2D eigenvalue weighted by Gasteiger charge is -2.57. The number of hydrogen-bond donors (Lipinski definition) is 4. The van der Waals surface area contributed by atoms with Crippen LogP contribution in [0, 0.1) is 18.3 Å². The first-order chi connectivity index (χ1) is 15.0. The number of carbonyl (C=O) groups is 2. The third kappa shape index (κ3) is 5.00. The van der Waals surface area contributed by atoms with E-state index in [0.29, 0.717) is 5.82 Å². The summed E-state index contributed by atoms with van der Waals surface area (Å²) in [6, 6.07) is 4.48. The number of hydrogen-bond acceptors (Lipinski definition) is 6. The number of halogens is 1. The zero-order valence-corrected chi connectivity index (χ0v) is 18.7. The predicted molar refractivity (Wildman–Crippen MR) is 117 cm³/mol. The van der Waals surface area contributed by atoms with Crippen LogP contribution in [-0.2, 0) is 4.74 Å². The summed E-state index contributed by atoms with van der Waals surface area (Å²) in [7, 11) is 0. The molecule has 2 heterocycles. The Labute approximate surface area is 185 Å². The van der Waals surface area contributed by atoms with E-state index in [1.807, 2.05) is 27.7 Å². The fourth-order valence-electron chi connectivity index (χ4n) is 4.57. The predicted octanol–water partition coefficient (Wildman–Crippen LogP) is 3.75. The molecule has 0 radical (unpaired) electrons. The molecule has 10 heteroatoms. The van der Waals surface area contributed by atoms with Gasteiger partial charge in [0.2, 0.25) is 5.95 Å². The quantitative estimate of drug-likeness (QED) is 0.521. The zero-order chi connectivity index (χ0) is 23.1. The summed E-state index contributed by atoms with van der Waals surface area (Å²) in [5.74, 6) is -0.453. The first-order valence-electron chi connectivity index (χ1n) is 10.8. The highest BCUT2D eigenvalue weighted by Crippen LogP contribution is 2.56. The molecule has 2 aromatic rings. The molecule has 1 spiro atoms. The molecule has 0 atom stereocenters. The van der Waals surface area contributed by atoms with E-state index >= 15 is 0 Å². The van der Waals surface area contributed by atoms with Crippen molar-refractivity contribution in [2.75, 3.05) is 10.6 Å². The van der Waals surface area contributed by atoms with Gasteiger partial charge in [-0.1, -0.05) is 0 Å². The van der Waals surface area contributed by atoms with Crippen molar-refractivity contribution in [2.45, 2.75) is 71.1 Å². The molecule has 2 aliphatic carbocycles. The fourth-order valence-corrected chi connectivity index (χ4v) is 4.57. The Kier molecular flexibility index (Phi) is 5.56. The average Bonchev–Trinajstić information content (AvgIpc) is 3.01. The third-order valence-corrected chi connectivity index (χ3v) is 5.83. The van der Waals surface area contributed by atoms with Crippen molar-refractivity contribution >= 4 is 23.6 Å². The first-order valence-corrected chi connectivity index (χ1v) is 10.8. The number of H-pyrrole nitrogens is 1. The summed E-state index contributed by atoms with van der Waals surface area (Å²) in [4.78, 5) is 28.5. The normalized spacial score (nSPS) is 24.3. The molecule has 172 valence electrons. The van der Waals surface area contributed by atoms with Gasteiger partial charge < -0.3 is 20.7 Å². The van der Waals surface area contributed by atoms with Crippen molar-refractivity contribution in [2.24, 2.45) is 5.41 Å². The summed E-state index contributed by atoms with van der Waals surface area (Å²) in [6.07, 6.45) is 3.12. The van der Waals surface area contributed by atoms with Gasteiger partial charge in [-0.25, -0.2) is 9.78 Å². The SMILES string of the molecule is Cc1cc(NC(=O)c2ccc(F)nc2NC2CC3(CC(NC(=O)OC(C)(C)C)C3)C2)n[nH]1. The second-order valence-electron chi connectivity index (χ2n) is 9.92. The van der Waals surface area contributed by atoms with Crippen LogP contribution in [0.5, 0.6) is 0 Å². The number of nitrogens with one attached hydrogen (secondary N) is 4. The number of carbonyl (C=O) groups excluding carboxylic acids is 2. The number of nitrogens with zero attached hydrogens (tertiary/aromatic N) is 2. The number of alkyl carbamates (subject to hydrolysis) is 1. The highest BCUT2D eigenvalue weighted by atomic mass is 19.1. The molecule has 0 aliphatic heterocycles. The van der Waals surface area contributed by atoms with Gasteiger partial charge in [0, 0.05) is 23.8 Å². The van der Waals surface area contributed by atoms with E-state index in [-0.39, 0.29) is 28.9 Å². The number of anilines is 2. The minimum absolute atomic E-state index is 0.0888. The summed E-state index contributed by atoms with van der Waals surface area (Å²) < 4.78 is 19.1. The van der Waals surface area contributed by atoms with Crippen molar-refractivity contribution in [3.8, 4) is 0 Å². The Morgan fingerprint density at radius 3 is 2.50 bits per heavy atom. The van der Waals surface area contributed by atoms with Gasteiger partial charge in [-0.3, -0.25) is 9.89 Å². The second kappa shape index (κ2) is 8.07. The molecule has 0 saturated heterocycles. The summed E-state index contributed by atoms with van der Waals surface area (Å²) in [5, 5.41) is 15.6. The molecule has 2 aromatic heterocycles. The van der Waals surface area contributed by atoms with E-state index in [2.05, 4.69) is 31.1 Å². The molecule has 2 aliphatic rings. The maximum atomic E-state index is 13.8. The van der Waals surface area contributed by atoms with Crippen LogP contribution in [0.4, 0.5) is 20.8 Å². The lowest BCUT2D eigenvalue weighted by molar-refractivity contribution is -0.0179. The summed E-state index contributed by atoms with van der Waals surface area (Å²) in [6.45, 7) is 7.33. The van der Waals surface area contributed by atoms with Crippen molar-refractivity contribution in [1.82, 2.24) is 20.5 Å². The van der Waals surface area contributed by atoms with E-state index in [4.69, 9.17) is 4.74 Å². The van der Waals surface area contributed by atoms with Gasteiger partial charge in [0.05, 0.1) is 5.56 Å². The number of aromatic nitrogens is 3. The van der Waals surface area contributed by atoms with Gasteiger partial charge in [-0.05, 0) is 70.9 Å². The molecule has 4 rings (SSSR count). The van der Waals surface area contributed by atoms with Crippen molar-refractivity contribution in [3.05, 3.63) is 35.4 Å². The Morgan fingerprint density at radius 2 is 1.88 bits per heavy atom. The molecule has 9 nitrogen and oxygen atoms in total. The Morgan fingerprint density at radius 1 is 1.19 bits per heavy atom. The van der Waals surface area contributed by atoms with Crippen LogP contribution >= 0.6 is 0 Å². The molecule has 2 saturated carbocycles. The molecule has 4 N–H and O–H groups in total. The number of ether oxygens (including phenoxy) is 1. The minimum atomic E-state index is -0.654. The van der Waals surface area contributed by atoms with Crippen LogP contribution in [0.3, 0.4) is 0 Å². The maximum Gasteiger partial charge on any atom is 0.407 e. The Bertz CT molecular complexity index is 1020. The van der Waals surface area contributed by atoms with E-state index < -0.39 is 23.5 Å². The summed E-state index contributed by atoms with van der Waals surface area (Å²) in [5.41, 5.74) is 0.718.